The summed E-state index contributed by atoms with van der Waals surface area (Å²) >= 11 is 0. The van der Waals surface area contributed by atoms with Gasteiger partial charge in [-0.25, -0.2) is 4.39 Å². The minimum absolute atomic E-state index is 0. The fraction of sp³-hybridized carbons (Fsp3) is 0.444. The van der Waals surface area contributed by atoms with Gasteiger partial charge in [-0.3, -0.25) is 4.79 Å². The quantitative estimate of drug-likeness (QED) is 0.327. The van der Waals surface area contributed by atoms with Crippen LogP contribution in [0, 0.1) is 5.82 Å². The van der Waals surface area contributed by atoms with Gasteiger partial charge in [0.1, 0.15) is 5.82 Å². The van der Waals surface area contributed by atoms with Gasteiger partial charge in [-0.15, -0.1) is 24.8 Å². The highest BCUT2D eigenvalue weighted by Crippen LogP contribution is 2.32. The van der Waals surface area contributed by atoms with Crippen LogP contribution in [0.3, 0.4) is 0 Å². The van der Waals surface area contributed by atoms with Crippen LogP contribution in [0.25, 0.3) is 22.8 Å². The molecule has 1 fully saturated rings. The van der Waals surface area contributed by atoms with Crippen molar-refractivity contribution < 1.29 is 23.6 Å². The van der Waals surface area contributed by atoms with Crippen molar-refractivity contribution in [3.05, 3.63) is 53.3 Å². The Kier molecular flexibility index (Phi) is 12.0. The van der Waals surface area contributed by atoms with Crippen molar-refractivity contribution >= 4 is 36.5 Å². The molecule has 1 N–H and O–H groups in total. The third-order valence-electron chi connectivity index (χ3n) is 6.62. The molecule has 4 rings (SSSR count). The van der Waals surface area contributed by atoms with Crippen LogP contribution in [-0.2, 0) is 22.7 Å². The number of methoxy groups -OCH3 is 1. The smallest absolute Gasteiger partial charge is 0.304 e. The molecule has 1 aliphatic rings. The monoisotopic (exact) mass is 568 g/mol. The summed E-state index contributed by atoms with van der Waals surface area (Å²) in [7, 11) is 3.44. The number of halogens is 3. The molecule has 2 aromatic carbocycles. The normalized spacial score (nSPS) is 15.2. The predicted octanol–water partition coefficient (Wildman–Crippen LogP) is 5.82. The second kappa shape index (κ2) is 14.4. The van der Waals surface area contributed by atoms with E-state index in [2.05, 4.69) is 28.0 Å². The second-order valence-corrected chi connectivity index (χ2v) is 9.43. The first kappa shape index (κ1) is 31.5. The Morgan fingerprint density at radius 1 is 1.18 bits per heavy atom. The maximum Gasteiger partial charge on any atom is 0.304 e. The Hall–Kier alpha value is -2.72. The number of hydrogen-bond acceptors (Lipinski definition) is 7. The van der Waals surface area contributed by atoms with E-state index >= 15 is 0 Å². The highest BCUT2D eigenvalue weighted by Gasteiger charge is 2.22. The largest absolute Gasteiger partial charge is 0.481 e. The van der Waals surface area contributed by atoms with Crippen LogP contribution in [0.15, 0.2) is 40.9 Å². The van der Waals surface area contributed by atoms with Gasteiger partial charge in [-0.1, -0.05) is 5.16 Å². The molecule has 1 aliphatic heterocycles. The molecule has 1 atom stereocenters. The van der Waals surface area contributed by atoms with E-state index in [4.69, 9.17) is 14.4 Å². The molecular formula is C27H35Cl2FN4O4. The molecule has 3 aromatic rings. The average Bonchev–Trinajstić information content (AvgIpc) is 3.35. The average molecular weight is 570 g/mol. The van der Waals surface area contributed by atoms with Gasteiger partial charge >= 0.3 is 5.97 Å². The molecule has 0 aliphatic carbocycles. The second-order valence-electron chi connectivity index (χ2n) is 9.43. The number of rotatable bonds is 10. The zero-order valence-corrected chi connectivity index (χ0v) is 23.5. The van der Waals surface area contributed by atoms with E-state index in [0.29, 0.717) is 42.0 Å². The lowest BCUT2D eigenvalue weighted by atomic mass is 10.00. The third-order valence-corrected chi connectivity index (χ3v) is 6.62. The summed E-state index contributed by atoms with van der Waals surface area (Å²) in [4.78, 5) is 19.6. The molecule has 0 amide bonds. The lowest BCUT2D eigenvalue weighted by molar-refractivity contribution is -0.137. The minimum Gasteiger partial charge on any atom is -0.481 e. The molecule has 208 valence electrons. The van der Waals surface area contributed by atoms with E-state index in [1.54, 1.807) is 31.2 Å². The number of hydrogen-bond donors (Lipinski definition) is 1. The lowest BCUT2D eigenvalue weighted by Crippen LogP contribution is -2.38. The molecule has 1 aromatic heterocycles. The summed E-state index contributed by atoms with van der Waals surface area (Å²) in [6.07, 6.45) is 3.60. The van der Waals surface area contributed by atoms with Crippen LogP contribution in [0.2, 0.25) is 0 Å². The predicted molar refractivity (Wildman–Crippen MR) is 150 cm³/mol. The molecule has 0 bridgehead atoms. The zero-order valence-electron chi connectivity index (χ0n) is 21.9. The summed E-state index contributed by atoms with van der Waals surface area (Å²) in [5, 5.41) is 13.0. The van der Waals surface area contributed by atoms with Crippen LogP contribution in [0.1, 0.15) is 43.7 Å². The summed E-state index contributed by atoms with van der Waals surface area (Å²) in [6, 6.07) is 11.3. The number of aliphatic carboxylic acids is 1. The van der Waals surface area contributed by atoms with Crippen LogP contribution in [0.4, 0.5) is 10.1 Å². The third kappa shape index (κ3) is 7.66. The molecule has 8 nitrogen and oxygen atoms in total. The number of anilines is 1. The van der Waals surface area contributed by atoms with E-state index < -0.39 is 5.97 Å². The molecule has 0 radical (unpaired) electrons. The standard InChI is InChI=1S/C27H33FN4O4.2ClH/c1-18-6-4-5-12-32(18)24-10-8-20(15-22(24)17-35-3)27-29-26(30-36-27)19-7-9-23(28)21(14-19)16-31(2)13-11-25(33)34;;/h7-10,14-15,18H,4-6,11-13,16-17H2,1-3H3,(H,33,34);2*1H. The van der Waals surface area contributed by atoms with Gasteiger partial charge in [0.15, 0.2) is 0 Å². The fourth-order valence-electron chi connectivity index (χ4n) is 4.68. The van der Waals surface area contributed by atoms with E-state index in [0.717, 1.165) is 17.7 Å². The molecule has 1 unspecified atom stereocenters. The molecule has 0 saturated carbocycles. The van der Waals surface area contributed by atoms with Gasteiger partial charge in [-0.2, -0.15) is 4.98 Å². The summed E-state index contributed by atoms with van der Waals surface area (Å²) < 4.78 is 25.5. The Labute approximate surface area is 235 Å². The first-order valence-electron chi connectivity index (χ1n) is 12.3. The maximum atomic E-state index is 14.4. The summed E-state index contributed by atoms with van der Waals surface area (Å²) in [6.45, 7) is 4.36. The van der Waals surface area contributed by atoms with Gasteiger partial charge < -0.3 is 24.2 Å². The first-order valence-corrected chi connectivity index (χ1v) is 12.3. The fourth-order valence-corrected chi connectivity index (χ4v) is 4.68. The summed E-state index contributed by atoms with van der Waals surface area (Å²) in [5.41, 5.74) is 4.10. The molecule has 11 heteroatoms. The maximum absolute atomic E-state index is 14.4. The van der Waals surface area contributed by atoms with Gasteiger partial charge in [0.05, 0.1) is 13.0 Å². The number of carboxylic acid groups (broad SMARTS) is 1. The molecule has 38 heavy (non-hydrogen) atoms. The number of nitrogens with zero attached hydrogens (tertiary/aromatic N) is 4. The van der Waals surface area contributed by atoms with Crippen molar-refractivity contribution in [2.45, 2.75) is 51.8 Å². The summed E-state index contributed by atoms with van der Waals surface area (Å²) in [5.74, 6) is -0.509. The van der Waals surface area contributed by atoms with Crippen LogP contribution in [0.5, 0.6) is 0 Å². The van der Waals surface area contributed by atoms with Gasteiger partial charge in [-0.05, 0) is 69.6 Å². The van der Waals surface area contributed by atoms with Crippen LogP contribution >= 0.6 is 24.8 Å². The van der Waals surface area contributed by atoms with Crippen molar-refractivity contribution in [3.8, 4) is 22.8 Å². The van der Waals surface area contributed by atoms with Crippen LogP contribution in [-0.4, -0.2) is 59.4 Å². The Morgan fingerprint density at radius 2 is 1.92 bits per heavy atom. The Bertz CT molecular complexity index is 1210. The highest BCUT2D eigenvalue weighted by molar-refractivity contribution is 5.85. The lowest BCUT2D eigenvalue weighted by Gasteiger charge is -2.36. The minimum atomic E-state index is -0.887. The number of benzene rings is 2. The number of aromatic nitrogens is 2. The molecule has 0 spiro atoms. The topological polar surface area (TPSA) is 91.9 Å². The van der Waals surface area contributed by atoms with E-state index in [1.807, 2.05) is 12.1 Å². The highest BCUT2D eigenvalue weighted by atomic mass is 35.5. The number of carboxylic acids is 1. The Balaban J connectivity index is 0.00000253. The first-order chi connectivity index (χ1) is 17.4. The zero-order chi connectivity index (χ0) is 25.7. The van der Waals surface area contributed by atoms with Crippen molar-refractivity contribution in [1.29, 1.82) is 0 Å². The van der Waals surface area contributed by atoms with Crippen molar-refractivity contribution in [1.82, 2.24) is 15.0 Å². The number of ether oxygens (including phenoxy) is 1. The van der Waals surface area contributed by atoms with Gasteiger partial charge in [0, 0.05) is 60.7 Å². The van der Waals surface area contributed by atoms with Gasteiger partial charge in [0.2, 0.25) is 5.82 Å². The van der Waals surface area contributed by atoms with Crippen molar-refractivity contribution in [3.63, 3.8) is 0 Å². The van der Waals surface area contributed by atoms with E-state index in [9.17, 15) is 9.18 Å². The van der Waals surface area contributed by atoms with Crippen molar-refractivity contribution in [2.75, 3.05) is 32.1 Å². The van der Waals surface area contributed by atoms with Crippen LogP contribution < -0.4 is 4.90 Å². The SMILES string of the molecule is COCc1cc(-c2nc(-c3ccc(F)c(CN(C)CCC(=O)O)c3)no2)ccc1N1CCCCC1C.Cl.Cl. The number of carbonyl (C=O) groups is 1. The van der Waals surface area contributed by atoms with Crippen molar-refractivity contribution in [2.24, 2.45) is 0 Å². The molecular weight excluding hydrogens is 534 g/mol. The van der Waals surface area contributed by atoms with Gasteiger partial charge in [0.25, 0.3) is 5.89 Å². The molecule has 1 saturated heterocycles. The Morgan fingerprint density at radius 3 is 2.63 bits per heavy atom. The number of piperidine rings is 1. The molecule has 2 heterocycles. The van der Waals surface area contributed by atoms with E-state index in [-0.39, 0.29) is 43.6 Å². The van der Waals surface area contributed by atoms with E-state index in [1.165, 1.54) is 31.0 Å².